The molecule has 0 unspecified atom stereocenters. The topological polar surface area (TPSA) is 46.2 Å². The summed E-state index contributed by atoms with van der Waals surface area (Å²) >= 11 is -2.46. The molecule has 0 aliphatic carbocycles. The Morgan fingerprint density at radius 3 is 1.62 bits per heavy atom. The van der Waals surface area contributed by atoms with Crippen LogP contribution >= 0.6 is 0 Å². The van der Waals surface area contributed by atoms with Crippen LogP contribution in [-0.4, -0.2) is 33.3 Å². The Morgan fingerprint density at radius 1 is 0.793 bits per heavy atom. The molecule has 0 saturated heterocycles. The summed E-state index contributed by atoms with van der Waals surface area (Å²) in [5.74, 6) is 0. The van der Waals surface area contributed by atoms with Crippen molar-refractivity contribution in [3.05, 3.63) is 29.8 Å². The number of nitrogens with one attached hydrogen (secondary N) is 1. The SMILES string of the molecule is CCC[CH2][Sn]([CH2]CCC)([CH2]CCC)[c]1ccc(C(C)(C)S(=O)(=O)NCCC)cc1. The fourth-order valence-corrected chi connectivity index (χ4v) is 21.4. The Hall–Kier alpha value is -0.0713. The summed E-state index contributed by atoms with van der Waals surface area (Å²) in [7, 11) is -3.40. The number of hydrogen-bond acceptors (Lipinski definition) is 2. The number of sulfonamides is 1. The Morgan fingerprint density at radius 2 is 1.24 bits per heavy atom. The summed E-state index contributed by atoms with van der Waals surface area (Å²) in [6.07, 6.45) is 8.62. The molecule has 0 aromatic heterocycles. The Bertz CT molecular complexity index is 662. The molecule has 29 heavy (non-hydrogen) atoms. The third-order valence-electron chi connectivity index (χ3n) is 6.43. The van der Waals surface area contributed by atoms with Crippen LogP contribution in [-0.2, 0) is 14.8 Å². The van der Waals surface area contributed by atoms with Gasteiger partial charge in [-0.1, -0.05) is 0 Å². The van der Waals surface area contributed by atoms with E-state index in [1.54, 1.807) is 3.58 Å². The quantitative estimate of drug-likeness (QED) is 0.271. The van der Waals surface area contributed by atoms with Gasteiger partial charge < -0.3 is 0 Å². The monoisotopic (exact) mass is 531 g/mol. The van der Waals surface area contributed by atoms with Crippen molar-refractivity contribution in [2.24, 2.45) is 0 Å². The second-order valence-corrected chi connectivity index (χ2v) is 24.6. The van der Waals surface area contributed by atoms with Gasteiger partial charge in [-0.05, 0) is 0 Å². The van der Waals surface area contributed by atoms with Crippen LogP contribution in [0, 0.1) is 0 Å². The first-order valence-corrected chi connectivity index (χ1v) is 20.8. The first-order chi connectivity index (χ1) is 13.7. The fourth-order valence-electron chi connectivity index (χ4n) is 4.15. The minimum absolute atomic E-state index is 0.495. The number of rotatable bonds is 15. The molecule has 0 fully saturated rings. The molecule has 0 aliphatic heterocycles. The molecule has 1 aromatic rings. The second-order valence-electron chi connectivity index (χ2n) is 9.08. The van der Waals surface area contributed by atoms with Crippen molar-refractivity contribution in [2.75, 3.05) is 6.54 Å². The number of benzene rings is 1. The molecule has 1 rings (SSSR count). The van der Waals surface area contributed by atoms with E-state index < -0.39 is 33.1 Å². The minimum atomic E-state index is -3.40. The van der Waals surface area contributed by atoms with Crippen LogP contribution in [0.15, 0.2) is 24.3 Å². The van der Waals surface area contributed by atoms with Crippen molar-refractivity contribution >= 4 is 32.0 Å². The summed E-state index contributed by atoms with van der Waals surface area (Å²) in [6.45, 7) is 13.0. The molecule has 0 amide bonds. The van der Waals surface area contributed by atoms with Crippen LogP contribution in [0.1, 0.15) is 92.1 Å². The Labute approximate surface area is 185 Å². The van der Waals surface area contributed by atoms with E-state index in [1.807, 2.05) is 20.8 Å². The number of unbranched alkanes of at least 4 members (excludes halogenated alkanes) is 3. The Kier molecular flexibility index (Phi) is 11.8. The standard InChI is InChI=1S/C12H18NO2S.3C4H9.Sn/c1-4-10-13-16(14,15)12(2,3)11-8-6-5-7-9-11;3*1-3-4-2;/h6-9,13H,4,10H2,1-3H3;3*1,3-4H2,2H3;. The summed E-state index contributed by atoms with van der Waals surface area (Å²) in [5, 5.41) is 0. The van der Waals surface area contributed by atoms with E-state index in [4.69, 9.17) is 0 Å². The van der Waals surface area contributed by atoms with Crippen LogP contribution in [0.3, 0.4) is 0 Å². The maximum absolute atomic E-state index is 12.8. The van der Waals surface area contributed by atoms with E-state index in [2.05, 4.69) is 49.8 Å². The number of hydrogen-bond donors (Lipinski definition) is 1. The van der Waals surface area contributed by atoms with Crippen molar-refractivity contribution in [3.63, 3.8) is 0 Å². The van der Waals surface area contributed by atoms with Crippen molar-refractivity contribution in [1.82, 2.24) is 4.72 Å². The zero-order valence-corrected chi connectivity index (χ0v) is 23.5. The first-order valence-electron chi connectivity index (χ1n) is 11.8. The van der Waals surface area contributed by atoms with Gasteiger partial charge in [-0.2, -0.15) is 0 Å². The van der Waals surface area contributed by atoms with Gasteiger partial charge >= 0.3 is 186 Å². The van der Waals surface area contributed by atoms with E-state index in [0.29, 0.717) is 6.54 Å². The van der Waals surface area contributed by atoms with E-state index in [-0.39, 0.29) is 0 Å². The van der Waals surface area contributed by atoms with E-state index >= 15 is 0 Å². The van der Waals surface area contributed by atoms with Crippen LogP contribution in [0.5, 0.6) is 0 Å². The summed E-state index contributed by atoms with van der Waals surface area (Å²) in [5.41, 5.74) is 0.895. The van der Waals surface area contributed by atoms with E-state index in [1.165, 1.54) is 51.8 Å². The molecule has 1 N–H and O–H groups in total. The third kappa shape index (κ3) is 7.24. The van der Waals surface area contributed by atoms with Gasteiger partial charge in [0.15, 0.2) is 0 Å². The second kappa shape index (κ2) is 12.7. The van der Waals surface area contributed by atoms with Crippen molar-refractivity contribution < 1.29 is 8.42 Å². The van der Waals surface area contributed by atoms with Gasteiger partial charge in [0, 0.05) is 0 Å². The maximum atomic E-state index is 12.8. The van der Waals surface area contributed by atoms with Crippen LogP contribution in [0.25, 0.3) is 0 Å². The van der Waals surface area contributed by atoms with Crippen molar-refractivity contribution in [3.8, 4) is 0 Å². The van der Waals surface area contributed by atoms with Gasteiger partial charge in [-0.15, -0.1) is 0 Å². The molecule has 0 bridgehead atoms. The van der Waals surface area contributed by atoms with Gasteiger partial charge in [0.1, 0.15) is 0 Å². The Balaban J connectivity index is 3.26. The van der Waals surface area contributed by atoms with Gasteiger partial charge in [0.25, 0.3) is 0 Å². The van der Waals surface area contributed by atoms with Gasteiger partial charge in [-0.25, -0.2) is 0 Å². The first kappa shape index (κ1) is 27.0. The molecular weight excluding hydrogens is 485 g/mol. The van der Waals surface area contributed by atoms with E-state index in [9.17, 15) is 8.42 Å². The predicted octanol–water partition coefficient (Wildman–Crippen LogP) is 6.31. The normalized spacial score (nSPS) is 13.0. The molecule has 5 heteroatoms. The molecule has 0 atom stereocenters. The van der Waals surface area contributed by atoms with Gasteiger partial charge in [0.2, 0.25) is 0 Å². The average Bonchev–Trinajstić information content (AvgIpc) is 2.72. The van der Waals surface area contributed by atoms with Crippen molar-refractivity contribution in [1.29, 1.82) is 0 Å². The van der Waals surface area contributed by atoms with E-state index in [0.717, 1.165) is 12.0 Å². The third-order valence-corrected chi connectivity index (χ3v) is 24.3. The molecule has 3 nitrogen and oxygen atoms in total. The average molecular weight is 530 g/mol. The molecule has 1 aromatic carbocycles. The van der Waals surface area contributed by atoms with Crippen LogP contribution < -0.4 is 8.30 Å². The fraction of sp³-hybridized carbons (Fsp3) is 0.750. The van der Waals surface area contributed by atoms with Gasteiger partial charge in [0.05, 0.1) is 0 Å². The summed E-state index contributed by atoms with van der Waals surface area (Å²) in [4.78, 5) is 0. The van der Waals surface area contributed by atoms with Crippen molar-refractivity contribution in [2.45, 2.75) is 105 Å². The molecule has 168 valence electrons. The molecule has 0 aliphatic rings. The molecule has 0 saturated carbocycles. The zero-order chi connectivity index (χ0) is 22.0. The molecule has 0 spiro atoms. The molecule has 0 heterocycles. The zero-order valence-electron chi connectivity index (χ0n) is 19.8. The molecular formula is C24H45NO2SSn. The molecule has 0 radical (unpaired) electrons. The summed E-state index contributed by atoms with van der Waals surface area (Å²) in [6, 6.07) is 8.83. The predicted molar refractivity (Wildman–Crippen MR) is 131 cm³/mol. The summed E-state index contributed by atoms with van der Waals surface area (Å²) < 4.78 is 33.4. The van der Waals surface area contributed by atoms with Gasteiger partial charge in [-0.3, -0.25) is 0 Å². The van der Waals surface area contributed by atoms with Crippen LogP contribution in [0.4, 0.5) is 0 Å². The van der Waals surface area contributed by atoms with Crippen LogP contribution in [0.2, 0.25) is 13.3 Å².